The van der Waals surface area contributed by atoms with Gasteiger partial charge < -0.3 is 20.2 Å². The fourth-order valence-corrected chi connectivity index (χ4v) is 5.44. The van der Waals surface area contributed by atoms with E-state index in [1.54, 1.807) is 23.1 Å². The van der Waals surface area contributed by atoms with Crippen molar-refractivity contribution in [1.29, 1.82) is 0 Å². The number of benzene rings is 2. The molecule has 2 aromatic carbocycles. The number of aromatic nitrogens is 6. The molecule has 0 saturated carbocycles. The Kier molecular flexibility index (Phi) is 5.81. The molecule has 3 N–H and O–H groups in total. The Morgan fingerprint density at radius 2 is 1.82 bits per heavy atom. The molecule has 2 atom stereocenters. The van der Waals surface area contributed by atoms with Crippen LogP contribution in [-0.2, 0) is 0 Å². The van der Waals surface area contributed by atoms with Crippen LogP contribution in [0, 0.1) is 12.3 Å². The van der Waals surface area contributed by atoms with Crippen LogP contribution >= 0.6 is 0 Å². The molecule has 10 nitrogen and oxygen atoms in total. The molecule has 4 heterocycles. The number of fused-ring (bicyclic) bond motifs is 2. The largest absolute Gasteiger partial charge is 0.449 e. The smallest absolute Gasteiger partial charge is 0.305 e. The van der Waals surface area contributed by atoms with Crippen molar-refractivity contribution in [2.45, 2.75) is 51.9 Å². The van der Waals surface area contributed by atoms with E-state index in [9.17, 15) is 10.1 Å². The van der Waals surface area contributed by atoms with E-state index in [2.05, 4.69) is 30.5 Å². The van der Waals surface area contributed by atoms with E-state index in [0.717, 1.165) is 27.7 Å². The molecule has 1 saturated heterocycles. The Bertz CT molecular complexity index is 1680. The van der Waals surface area contributed by atoms with Gasteiger partial charge in [0.05, 0.1) is 11.6 Å². The van der Waals surface area contributed by atoms with Crippen molar-refractivity contribution in [2.75, 3.05) is 5.32 Å². The molecule has 198 valence electrons. The summed E-state index contributed by atoms with van der Waals surface area (Å²) in [6.07, 6.45) is 4.01. The second kappa shape index (κ2) is 8.99. The second-order valence-electron chi connectivity index (χ2n) is 11.4. The van der Waals surface area contributed by atoms with E-state index >= 15 is 0 Å². The van der Waals surface area contributed by atoms with Crippen molar-refractivity contribution < 1.29 is 14.9 Å². The van der Waals surface area contributed by atoms with E-state index < -0.39 is 29.6 Å². The third-order valence-corrected chi connectivity index (χ3v) is 8.68. The number of nitrogens with one attached hydrogen (secondary N) is 1. The molecule has 11 heteroatoms. The number of aliphatic hydroxyl groups excluding tert-OH is 1. The first kappa shape index (κ1) is 25.2. The molecule has 0 radical (unpaired) electrons. The van der Waals surface area contributed by atoms with Crippen molar-refractivity contribution in [3.8, 4) is 11.6 Å². The molecule has 0 bridgehead atoms. The molecule has 1 aliphatic rings. The van der Waals surface area contributed by atoms with Crippen LogP contribution in [0.2, 0.25) is 5.31 Å². The number of rotatable bonds is 5. The van der Waals surface area contributed by atoms with Crippen LogP contribution in [-0.4, -0.2) is 52.7 Å². The van der Waals surface area contributed by atoms with Gasteiger partial charge in [0.25, 0.3) is 0 Å². The van der Waals surface area contributed by atoms with E-state index in [1.807, 2.05) is 71.0 Å². The number of aliphatic hydroxyl groups is 1. The SMILES string of the molecule is Cc1cc(Nc2ncnc3ccc(C4B(O)C(C)(C)C(C)(C)C4O)cc23)ccc1Oc1cc2nncn2cn1. The summed E-state index contributed by atoms with van der Waals surface area (Å²) in [6, 6.07) is 13.3. The van der Waals surface area contributed by atoms with E-state index in [4.69, 9.17) is 4.74 Å². The van der Waals surface area contributed by atoms with Gasteiger partial charge in [0.2, 0.25) is 5.88 Å². The van der Waals surface area contributed by atoms with E-state index in [-0.39, 0.29) is 0 Å². The Morgan fingerprint density at radius 1 is 1.00 bits per heavy atom. The molecule has 39 heavy (non-hydrogen) atoms. The highest BCUT2D eigenvalue weighted by atomic mass is 16.5. The summed E-state index contributed by atoms with van der Waals surface area (Å²) in [5.74, 6) is 1.31. The molecular formula is C28H30BN7O3. The van der Waals surface area contributed by atoms with E-state index in [1.165, 1.54) is 6.33 Å². The molecule has 1 fully saturated rings. The fourth-order valence-electron chi connectivity index (χ4n) is 5.44. The molecule has 5 aromatic rings. The minimum Gasteiger partial charge on any atom is -0.449 e. The highest BCUT2D eigenvalue weighted by molar-refractivity contribution is 6.57. The van der Waals surface area contributed by atoms with Crippen molar-refractivity contribution in [2.24, 2.45) is 5.41 Å². The molecule has 1 aliphatic heterocycles. The average molecular weight is 523 g/mol. The third kappa shape index (κ3) is 4.09. The summed E-state index contributed by atoms with van der Waals surface area (Å²) in [7, 11) is 0. The van der Waals surface area contributed by atoms with Crippen LogP contribution in [0.3, 0.4) is 0 Å². The maximum atomic E-state index is 11.2. The second-order valence-corrected chi connectivity index (χ2v) is 11.4. The van der Waals surface area contributed by atoms with Gasteiger partial charge in [-0.25, -0.2) is 15.0 Å². The molecular weight excluding hydrogens is 493 g/mol. The normalized spacial score (nSPS) is 20.0. The number of hydrogen-bond acceptors (Lipinski definition) is 9. The lowest BCUT2D eigenvalue weighted by atomic mass is 9.41. The summed E-state index contributed by atoms with van der Waals surface area (Å²) < 4.78 is 7.70. The first-order valence-electron chi connectivity index (χ1n) is 12.9. The van der Waals surface area contributed by atoms with Gasteiger partial charge in [0, 0.05) is 23.0 Å². The van der Waals surface area contributed by atoms with Crippen LogP contribution in [0.15, 0.2) is 61.4 Å². The zero-order valence-corrected chi connectivity index (χ0v) is 22.5. The minimum absolute atomic E-state index is 0.420. The highest BCUT2D eigenvalue weighted by Crippen LogP contribution is 2.60. The Hall–Kier alpha value is -4.09. The lowest BCUT2D eigenvalue weighted by molar-refractivity contribution is 0.0406. The van der Waals surface area contributed by atoms with Gasteiger partial charge in [0.1, 0.15) is 30.5 Å². The molecule has 0 spiro atoms. The van der Waals surface area contributed by atoms with Crippen LogP contribution in [0.1, 0.15) is 44.6 Å². The quantitative estimate of drug-likeness (QED) is 0.281. The maximum Gasteiger partial charge on any atom is 0.305 e. The first-order valence-corrected chi connectivity index (χ1v) is 12.9. The molecule has 0 amide bonds. The predicted octanol–water partition coefficient (Wildman–Crippen LogP) is 4.70. The van der Waals surface area contributed by atoms with Crippen LogP contribution in [0.5, 0.6) is 11.6 Å². The van der Waals surface area contributed by atoms with Crippen LogP contribution in [0.4, 0.5) is 11.5 Å². The zero-order chi connectivity index (χ0) is 27.5. The Balaban J connectivity index is 1.29. The van der Waals surface area contributed by atoms with Gasteiger partial charge in [-0.05, 0) is 59.1 Å². The summed E-state index contributed by atoms with van der Waals surface area (Å²) in [5, 5.41) is 34.1. The van der Waals surface area contributed by atoms with Crippen molar-refractivity contribution >= 4 is 35.0 Å². The zero-order valence-electron chi connectivity index (χ0n) is 22.5. The van der Waals surface area contributed by atoms with Gasteiger partial charge in [-0.2, -0.15) is 0 Å². The van der Waals surface area contributed by atoms with E-state index in [0.29, 0.717) is 23.1 Å². The molecule has 3 aromatic heterocycles. The van der Waals surface area contributed by atoms with Crippen molar-refractivity contribution in [1.82, 2.24) is 29.5 Å². The van der Waals surface area contributed by atoms with Crippen molar-refractivity contribution in [3.63, 3.8) is 0 Å². The Morgan fingerprint density at radius 3 is 2.56 bits per heavy atom. The number of hydrogen-bond donors (Lipinski definition) is 3. The number of nitrogens with zero attached hydrogens (tertiary/aromatic N) is 6. The predicted molar refractivity (Wildman–Crippen MR) is 149 cm³/mol. The van der Waals surface area contributed by atoms with Gasteiger partial charge in [-0.15, -0.1) is 10.2 Å². The number of aryl methyl sites for hydroxylation is 1. The maximum absolute atomic E-state index is 11.2. The number of ether oxygens (including phenoxy) is 1. The summed E-state index contributed by atoms with van der Waals surface area (Å²) in [4.78, 5) is 13.2. The first-order chi connectivity index (χ1) is 18.6. The van der Waals surface area contributed by atoms with Crippen LogP contribution in [0.25, 0.3) is 16.6 Å². The van der Waals surface area contributed by atoms with Gasteiger partial charge in [-0.1, -0.05) is 33.8 Å². The molecule has 0 aliphatic carbocycles. The lowest BCUT2D eigenvalue weighted by Crippen LogP contribution is -2.34. The van der Waals surface area contributed by atoms with Gasteiger partial charge in [-0.3, -0.25) is 4.40 Å². The van der Waals surface area contributed by atoms with Gasteiger partial charge >= 0.3 is 6.92 Å². The minimum atomic E-state index is -0.698. The fraction of sp³-hybridized carbons (Fsp3) is 0.321. The standard InChI is InChI=1S/C28H30BN7O3/c1-16-10-18(7-9-21(16)39-23-12-22-35-33-15-36(22)14-32-23)34-26-19-11-17(6-8-20(19)30-13-31-26)24-25(37)27(2,3)28(4,5)29(24)38/h6-15,24-25,37-38H,1-5H3,(H,30,31,34). The summed E-state index contributed by atoms with van der Waals surface area (Å²) in [6.45, 7) is 9.30. The Labute approximate surface area is 226 Å². The van der Waals surface area contributed by atoms with Crippen LogP contribution < -0.4 is 10.1 Å². The third-order valence-electron chi connectivity index (χ3n) is 8.68. The molecule has 6 rings (SSSR count). The monoisotopic (exact) mass is 523 g/mol. The topological polar surface area (TPSA) is 131 Å². The summed E-state index contributed by atoms with van der Waals surface area (Å²) >= 11 is 0. The molecule has 2 unspecified atom stereocenters. The average Bonchev–Trinajstić information content (AvgIpc) is 3.42. The van der Waals surface area contributed by atoms with Crippen molar-refractivity contribution in [3.05, 3.63) is 72.6 Å². The lowest BCUT2D eigenvalue weighted by Gasteiger charge is -2.37. The summed E-state index contributed by atoms with van der Waals surface area (Å²) in [5.41, 5.74) is 3.55. The van der Waals surface area contributed by atoms with Gasteiger partial charge in [0.15, 0.2) is 5.65 Å². The number of anilines is 2. The highest BCUT2D eigenvalue weighted by Gasteiger charge is 2.62.